The lowest BCUT2D eigenvalue weighted by molar-refractivity contribution is -0.132. The second-order valence-electron chi connectivity index (χ2n) is 6.13. The molecule has 1 saturated heterocycles. The van der Waals surface area contributed by atoms with Crippen molar-refractivity contribution in [3.63, 3.8) is 0 Å². The van der Waals surface area contributed by atoms with Crippen molar-refractivity contribution in [2.24, 2.45) is 5.92 Å². The van der Waals surface area contributed by atoms with E-state index in [9.17, 15) is 4.79 Å². The summed E-state index contributed by atoms with van der Waals surface area (Å²) < 4.78 is 10.6. The molecule has 0 radical (unpaired) electrons. The third kappa shape index (κ3) is 5.87. The summed E-state index contributed by atoms with van der Waals surface area (Å²) >= 11 is 0. The largest absolute Gasteiger partial charge is 0.497 e. The molecule has 1 aromatic carbocycles. The average Bonchev–Trinajstić information content (AvgIpc) is 2.59. The Hall–Kier alpha value is -1.46. The summed E-state index contributed by atoms with van der Waals surface area (Å²) in [6.45, 7) is 2.75. The predicted octanol–water partition coefficient (Wildman–Crippen LogP) is 2.52. The Morgan fingerprint density at radius 1 is 1.25 bits per heavy atom. The molecule has 6 heteroatoms. The van der Waals surface area contributed by atoms with E-state index in [1.54, 1.807) is 14.2 Å². The zero-order valence-corrected chi connectivity index (χ0v) is 15.7. The van der Waals surface area contributed by atoms with Gasteiger partial charge in [-0.3, -0.25) is 4.79 Å². The normalized spacial score (nSPS) is 17.1. The summed E-state index contributed by atoms with van der Waals surface area (Å²) in [4.78, 5) is 14.5. The first-order valence-electron chi connectivity index (χ1n) is 8.30. The minimum Gasteiger partial charge on any atom is -0.497 e. The fourth-order valence-corrected chi connectivity index (χ4v) is 3.17. The first-order valence-corrected chi connectivity index (χ1v) is 8.30. The van der Waals surface area contributed by atoms with Gasteiger partial charge in [-0.2, -0.15) is 0 Å². The van der Waals surface area contributed by atoms with Crippen LogP contribution in [0.2, 0.25) is 0 Å². The average molecular weight is 357 g/mol. The van der Waals surface area contributed by atoms with Crippen LogP contribution in [-0.2, 0) is 11.2 Å². The summed E-state index contributed by atoms with van der Waals surface area (Å²) in [5, 5.41) is 3.21. The molecular weight excluding hydrogens is 328 g/mol. The van der Waals surface area contributed by atoms with Crippen LogP contribution >= 0.6 is 12.4 Å². The first-order chi connectivity index (χ1) is 11.2. The van der Waals surface area contributed by atoms with Crippen molar-refractivity contribution in [1.82, 2.24) is 10.2 Å². The Bertz CT molecular complexity index is 501. The van der Waals surface area contributed by atoms with Gasteiger partial charge in [-0.25, -0.2) is 0 Å². The molecule has 1 atom stereocenters. The van der Waals surface area contributed by atoms with Crippen molar-refractivity contribution in [3.05, 3.63) is 23.8 Å². The maximum atomic E-state index is 12.5. The number of piperidine rings is 1. The summed E-state index contributed by atoms with van der Waals surface area (Å²) in [5.41, 5.74) is 1.07. The van der Waals surface area contributed by atoms with E-state index in [1.807, 2.05) is 30.1 Å². The Morgan fingerprint density at radius 2 is 1.92 bits per heavy atom. The lowest BCUT2D eigenvalue weighted by atomic mass is 9.97. The Labute approximate surface area is 151 Å². The minimum absolute atomic E-state index is 0. The molecule has 0 aromatic heterocycles. The van der Waals surface area contributed by atoms with E-state index in [0.717, 1.165) is 43.1 Å². The van der Waals surface area contributed by atoms with Gasteiger partial charge >= 0.3 is 0 Å². The summed E-state index contributed by atoms with van der Waals surface area (Å²) in [6, 6.07) is 5.78. The van der Waals surface area contributed by atoms with Gasteiger partial charge in [0.2, 0.25) is 5.91 Å². The molecule has 0 aliphatic carbocycles. The number of likely N-dealkylation sites (tertiary alicyclic amines) is 1. The molecule has 136 valence electrons. The van der Waals surface area contributed by atoms with Crippen molar-refractivity contribution < 1.29 is 14.3 Å². The number of hydrogen-bond acceptors (Lipinski definition) is 4. The molecular formula is C18H29ClN2O3. The number of ether oxygens (including phenoxy) is 2. The van der Waals surface area contributed by atoms with Crippen molar-refractivity contribution in [2.45, 2.75) is 25.7 Å². The van der Waals surface area contributed by atoms with Gasteiger partial charge in [0.1, 0.15) is 11.5 Å². The lowest BCUT2D eigenvalue weighted by Crippen LogP contribution is -2.42. The van der Waals surface area contributed by atoms with Crippen LogP contribution in [0.15, 0.2) is 18.2 Å². The number of aryl methyl sites for hydroxylation is 1. The summed E-state index contributed by atoms with van der Waals surface area (Å²) in [6.07, 6.45) is 3.55. The van der Waals surface area contributed by atoms with E-state index in [4.69, 9.17) is 9.47 Å². The molecule has 1 aliphatic rings. The number of carbonyl (C=O) groups is 1. The van der Waals surface area contributed by atoms with E-state index in [2.05, 4.69) is 5.32 Å². The number of rotatable bonds is 7. The molecule has 1 N–H and O–H groups in total. The molecule has 1 fully saturated rings. The van der Waals surface area contributed by atoms with Crippen molar-refractivity contribution in [3.8, 4) is 11.5 Å². The molecule has 0 saturated carbocycles. The van der Waals surface area contributed by atoms with Gasteiger partial charge in [-0.05, 0) is 56.5 Å². The zero-order chi connectivity index (χ0) is 16.7. The Balaban J connectivity index is 0.00000288. The molecule has 1 heterocycles. The molecule has 1 aromatic rings. The number of amides is 1. The lowest BCUT2D eigenvalue weighted by Gasteiger charge is -2.32. The predicted molar refractivity (Wildman–Crippen MR) is 98.3 cm³/mol. The van der Waals surface area contributed by atoms with Crippen LogP contribution < -0.4 is 14.8 Å². The number of hydrogen-bond donors (Lipinski definition) is 1. The Morgan fingerprint density at radius 3 is 2.50 bits per heavy atom. The van der Waals surface area contributed by atoms with E-state index in [1.165, 1.54) is 6.42 Å². The molecule has 1 aliphatic heterocycles. The molecule has 1 unspecified atom stereocenters. The van der Waals surface area contributed by atoms with Gasteiger partial charge in [0.05, 0.1) is 14.2 Å². The number of nitrogens with one attached hydrogen (secondary N) is 1. The number of benzene rings is 1. The molecule has 5 nitrogen and oxygen atoms in total. The zero-order valence-electron chi connectivity index (χ0n) is 14.8. The first kappa shape index (κ1) is 20.6. The van der Waals surface area contributed by atoms with Gasteiger partial charge in [0.25, 0.3) is 0 Å². The molecule has 1 amide bonds. The third-order valence-electron chi connectivity index (χ3n) is 4.40. The summed E-state index contributed by atoms with van der Waals surface area (Å²) in [7, 11) is 5.25. The van der Waals surface area contributed by atoms with Gasteiger partial charge < -0.3 is 19.7 Å². The fraction of sp³-hybridized carbons (Fsp3) is 0.611. The van der Waals surface area contributed by atoms with Crippen LogP contribution in [0, 0.1) is 5.92 Å². The minimum atomic E-state index is 0. The molecule has 24 heavy (non-hydrogen) atoms. The second kappa shape index (κ2) is 10.4. The highest BCUT2D eigenvalue weighted by molar-refractivity contribution is 5.85. The third-order valence-corrected chi connectivity index (χ3v) is 4.40. The number of nitrogens with zero attached hydrogens (tertiary/aromatic N) is 1. The monoisotopic (exact) mass is 356 g/mol. The standard InChI is InChI=1S/C18H28N2O3.ClH/c1-19-12-15-5-4-8-20(13-15)18(21)7-6-14-9-16(22-2)11-17(10-14)23-3;/h9-11,15,19H,4-8,12-13H2,1-3H3;1H. The molecule has 0 spiro atoms. The van der Waals surface area contributed by atoms with Crippen molar-refractivity contribution in [1.29, 1.82) is 0 Å². The van der Waals surface area contributed by atoms with Gasteiger partial charge in [0.15, 0.2) is 0 Å². The van der Waals surface area contributed by atoms with Gasteiger partial charge in [-0.15, -0.1) is 12.4 Å². The highest BCUT2D eigenvalue weighted by Crippen LogP contribution is 2.24. The quantitative estimate of drug-likeness (QED) is 0.815. The Kier molecular flexibility index (Phi) is 8.93. The van der Waals surface area contributed by atoms with Crippen molar-refractivity contribution >= 4 is 18.3 Å². The van der Waals surface area contributed by atoms with E-state index >= 15 is 0 Å². The van der Waals surface area contributed by atoms with Crippen LogP contribution in [0.4, 0.5) is 0 Å². The van der Waals surface area contributed by atoms with E-state index in [-0.39, 0.29) is 18.3 Å². The van der Waals surface area contributed by atoms with Gasteiger partial charge in [0, 0.05) is 25.6 Å². The fourth-order valence-electron chi connectivity index (χ4n) is 3.17. The summed E-state index contributed by atoms with van der Waals surface area (Å²) in [5.74, 6) is 2.35. The van der Waals surface area contributed by atoms with Crippen LogP contribution in [0.3, 0.4) is 0 Å². The highest BCUT2D eigenvalue weighted by atomic mass is 35.5. The maximum absolute atomic E-state index is 12.5. The van der Waals surface area contributed by atoms with Crippen LogP contribution in [0.25, 0.3) is 0 Å². The molecule has 2 rings (SSSR count). The SMILES string of the molecule is CNCC1CCCN(C(=O)CCc2cc(OC)cc(OC)c2)C1.Cl. The number of halogens is 1. The topological polar surface area (TPSA) is 50.8 Å². The van der Waals surface area contributed by atoms with Crippen molar-refractivity contribution in [2.75, 3.05) is 40.9 Å². The second-order valence-corrected chi connectivity index (χ2v) is 6.13. The number of carbonyl (C=O) groups excluding carboxylic acids is 1. The maximum Gasteiger partial charge on any atom is 0.222 e. The van der Waals surface area contributed by atoms with Gasteiger partial charge in [-0.1, -0.05) is 0 Å². The molecule has 0 bridgehead atoms. The van der Waals surface area contributed by atoms with Crippen LogP contribution in [0.1, 0.15) is 24.8 Å². The van der Waals surface area contributed by atoms with Crippen LogP contribution in [0.5, 0.6) is 11.5 Å². The smallest absolute Gasteiger partial charge is 0.222 e. The van der Waals surface area contributed by atoms with E-state index < -0.39 is 0 Å². The van der Waals surface area contributed by atoms with Crippen LogP contribution in [-0.4, -0.2) is 51.7 Å². The number of methoxy groups -OCH3 is 2. The van der Waals surface area contributed by atoms with E-state index in [0.29, 0.717) is 18.8 Å². The highest BCUT2D eigenvalue weighted by Gasteiger charge is 2.22.